The van der Waals surface area contributed by atoms with E-state index in [2.05, 4.69) is 5.32 Å². The number of amides is 1. The number of carbonyl (C=O) groups is 2. The maximum absolute atomic E-state index is 12.0. The number of nitrogens with one attached hydrogen (secondary N) is 1. The Bertz CT molecular complexity index is 580. The van der Waals surface area contributed by atoms with Gasteiger partial charge in [0.15, 0.2) is 0 Å². The lowest BCUT2D eigenvalue weighted by atomic mass is 10.1. The third-order valence-corrected chi connectivity index (χ3v) is 3.47. The van der Waals surface area contributed by atoms with Gasteiger partial charge in [0, 0.05) is 11.8 Å². The van der Waals surface area contributed by atoms with E-state index in [9.17, 15) is 9.59 Å². The van der Waals surface area contributed by atoms with Gasteiger partial charge in [-0.05, 0) is 56.0 Å². The van der Waals surface area contributed by atoms with Crippen LogP contribution in [-0.2, 0) is 14.3 Å². The van der Waals surface area contributed by atoms with Crippen LogP contribution >= 0.6 is 0 Å². The second-order valence-corrected chi connectivity index (χ2v) is 5.24. The number of rotatable bonds is 4. The van der Waals surface area contributed by atoms with Crippen LogP contribution in [0.15, 0.2) is 24.3 Å². The Morgan fingerprint density at radius 2 is 2.14 bits per heavy atom. The lowest BCUT2D eigenvalue weighted by Gasteiger charge is -2.12. The van der Waals surface area contributed by atoms with Crippen molar-refractivity contribution in [3.05, 3.63) is 35.4 Å². The predicted molar refractivity (Wildman–Crippen MR) is 80.0 cm³/mol. The summed E-state index contributed by atoms with van der Waals surface area (Å²) < 4.78 is 5.53. The molecule has 0 aliphatic carbocycles. The number of benzene rings is 1. The fourth-order valence-corrected chi connectivity index (χ4v) is 2.32. The largest absolute Gasteiger partial charge is 0.478 e. The van der Waals surface area contributed by atoms with Gasteiger partial charge in [-0.3, -0.25) is 4.79 Å². The van der Waals surface area contributed by atoms with Crippen LogP contribution in [-0.4, -0.2) is 29.2 Å². The SMILES string of the molecule is Cc1cc(NC(=O)C2CCC(C)O2)ccc1/C=C/C(=O)O. The highest BCUT2D eigenvalue weighted by atomic mass is 16.5. The Hall–Kier alpha value is -2.14. The summed E-state index contributed by atoms with van der Waals surface area (Å²) in [6.45, 7) is 3.83. The summed E-state index contributed by atoms with van der Waals surface area (Å²) in [5, 5.41) is 11.5. The van der Waals surface area contributed by atoms with Gasteiger partial charge in [0.1, 0.15) is 6.10 Å². The van der Waals surface area contributed by atoms with Crippen molar-refractivity contribution in [3.8, 4) is 0 Å². The van der Waals surface area contributed by atoms with E-state index in [1.165, 1.54) is 6.08 Å². The summed E-state index contributed by atoms with van der Waals surface area (Å²) >= 11 is 0. The Balaban J connectivity index is 2.03. The van der Waals surface area contributed by atoms with E-state index < -0.39 is 5.97 Å². The minimum Gasteiger partial charge on any atom is -0.478 e. The molecule has 5 heteroatoms. The van der Waals surface area contributed by atoms with E-state index in [0.29, 0.717) is 5.69 Å². The van der Waals surface area contributed by atoms with Crippen molar-refractivity contribution in [2.24, 2.45) is 0 Å². The number of anilines is 1. The molecule has 1 heterocycles. The number of ether oxygens (including phenoxy) is 1. The summed E-state index contributed by atoms with van der Waals surface area (Å²) in [7, 11) is 0. The van der Waals surface area contributed by atoms with Crippen LogP contribution in [0.3, 0.4) is 0 Å². The predicted octanol–water partition coefficient (Wildman–Crippen LogP) is 2.60. The number of hydrogen-bond donors (Lipinski definition) is 2. The molecule has 1 aliphatic rings. The van der Waals surface area contributed by atoms with E-state index in [0.717, 1.165) is 30.0 Å². The molecule has 0 radical (unpaired) electrons. The van der Waals surface area contributed by atoms with Crippen LogP contribution in [0.2, 0.25) is 0 Å². The van der Waals surface area contributed by atoms with E-state index in [4.69, 9.17) is 9.84 Å². The molecule has 21 heavy (non-hydrogen) atoms. The lowest BCUT2D eigenvalue weighted by Crippen LogP contribution is -2.27. The van der Waals surface area contributed by atoms with Gasteiger partial charge in [-0.15, -0.1) is 0 Å². The van der Waals surface area contributed by atoms with Crippen LogP contribution in [0.1, 0.15) is 30.9 Å². The minimum absolute atomic E-state index is 0.131. The lowest BCUT2D eigenvalue weighted by molar-refractivity contribution is -0.131. The fraction of sp³-hybridized carbons (Fsp3) is 0.375. The van der Waals surface area contributed by atoms with Crippen molar-refractivity contribution >= 4 is 23.6 Å². The maximum atomic E-state index is 12.0. The average molecular weight is 289 g/mol. The van der Waals surface area contributed by atoms with Gasteiger partial charge in [0.05, 0.1) is 6.10 Å². The maximum Gasteiger partial charge on any atom is 0.328 e. The first-order chi connectivity index (χ1) is 9.95. The number of hydrogen-bond acceptors (Lipinski definition) is 3. The highest BCUT2D eigenvalue weighted by molar-refractivity contribution is 5.94. The van der Waals surface area contributed by atoms with Gasteiger partial charge in [0.25, 0.3) is 5.91 Å². The second-order valence-electron chi connectivity index (χ2n) is 5.24. The topological polar surface area (TPSA) is 75.6 Å². The number of aliphatic carboxylic acids is 1. The van der Waals surface area contributed by atoms with Crippen LogP contribution < -0.4 is 5.32 Å². The van der Waals surface area contributed by atoms with Gasteiger partial charge in [-0.1, -0.05) is 6.07 Å². The molecule has 1 fully saturated rings. The molecule has 0 aromatic heterocycles. The third-order valence-electron chi connectivity index (χ3n) is 3.47. The molecule has 1 aliphatic heterocycles. The normalized spacial score (nSPS) is 21.6. The first-order valence-electron chi connectivity index (χ1n) is 6.93. The molecular weight excluding hydrogens is 270 g/mol. The van der Waals surface area contributed by atoms with Gasteiger partial charge in [-0.25, -0.2) is 4.79 Å². The van der Waals surface area contributed by atoms with Crippen molar-refractivity contribution in [3.63, 3.8) is 0 Å². The van der Waals surface area contributed by atoms with Crippen molar-refractivity contribution in [1.82, 2.24) is 0 Å². The van der Waals surface area contributed by atoms with Crippen LogP contribution in [0, 0.1) is 6.92 Å². The first kappa shape index (κ1) is 15.3. The Kier molecular flexibility index (Phi) is 4.75. The van der Waals surface area contributed by atoms with Crippen LogP contribution in [0.4, 0.5) is 5.69 Å². The zero-order valence-electron chi connectivity index (χ0n) is 12.1. The molecule has 2 atom stereocenters. The second kappa shape index (κ2) is 6.54. The highest BCUT2D eigenvalue weighted by Crippen LogP contribution is 2.22. The summed E-state index contributed by atoms with van der Waals surface area (Å²) in [5.74, 6) is -1.12. The fourth-order valence-electron chi connectivity index (χ4n) is 2.32. The molecule has 0 bridgehead atoms. The van der Waals surface area contributed by atoms with E-state index in [1.807, 2.05) is 19.9 Å². The monoisotopic (exact) mass is 289 g/mol. The standard InChI is InChI=1S/C16H19NO4/c1-10-9-13(6-4-12(10)5-8-15(18)19)17-16(20)14-7-3-11(2)21-14/h4-6,8-9,11,14H,3,7H2,1-2H3,(H,17,20)(H,18,19)/b8-5+. The Morgan fingerprint density at radius 1 is 1.38 bits per heavy atom. The molecule has 5 nitrogen and oxygen atoms in total. The molecule has 112 valence electrons. The third kappa shape index (κ3) is 4.16. The summed E-state index contributed by atoms with van der Waals surface area (Å²) in [5.41, 5.74) is 2.39. The Morgan fingerprint density at radius 3 is 2.71 bits per heavy atom. The average Bonchev–Trinajstić information content (AvgIpc) is 2.84. The molecule has 1 aromatic rings. The van der Waals surface area contributed by atoms with Crippen molar-refractivity contribution < 1.29 is 19.4 Å². The number of carboxylic acids is 1. The molecular formula is C16H19NO4. The van der Waals surface area contributed by atoms with Gasteiger partial charge < -0.3 is 15.2 Å². The van der Waals surface area contributed by atoms with Crippen LogP contribution in [0.25, 0.3) is 6.08 Å². The number of carbonyl (C=O) groups excluding carboxylic acids is 1. The molecule has 1 saturated heterocycles. The van der Waals surface area contributed by atoms with Gasteiger partial charge >= 0.3 is 5.97 Å². The summed E-state index contributed by atoms with van der Waals surface area (Å²) in [6, 6.07) is 5.35. The van der Waals surface area contributed by atoms with Crippen molar-refractivity contribution in [1.29, 1.82) is 0 Å². The molecule has 2 unspecified atom stereocenters. The zero-order valence-corrected chi connectivity index (χ0v) is 12.1. The molecule has 2 rings (SSSR count). The van der Waals surface area contributed by atoms with Crippen molar-refractivity contribution in [2.45, 2.75) is 38.9 Å². The van der Waals surface area contributed by atoms with E-state index in [1.54, 1.807) is 12.1 Å². The first-order valence-corrected chi connectivity index (χ1v) is 6.93. The number of aryl methyl sites for hydroxylation is 1. The smallest absolute Gasteiger partial charge is 0.328 e. The zero-order chi connectivity index (χ0) is 15.4. The summed E-state index contributed by atoms with van der Waals surface area (Å²) in [6.07, 6.45) is 4.01. The Labute approximate surface area is 123 Å². The number of carboxylic acid groups (broad SMARTS) is 1. The van der Waals surface area contributed by atoms with E-state index >= 15 is 0 Å². The van der Waals surface area contributed by atoms with E-state index in [-0.39, 0.29) is 18.1 Å². The molecule has 2 N–H and O–H groups in total. The minimum atomic E-state index is -0.987. The molecule has 1 amide bonds. The highest BCUT2D eigenvalue weighted by Gasteiger charge is 2.28. The summed E-state index contributed by atoms with van der Waals surface area (Å²) in [4.78, 5) is 22.6. The van der Waals surface area contributed by atoms with Gasteiger partial charge in [0.2, 0.25) is 0 Å². The molecule has 1 aromatic carbocycles. The quantitative estimate of drug-likeness (QED) is 0.835. The van der Waals surface area contributed by atoms with Crippen LogP contribution in [0.5, 0.6) is 0 Å². The molecule has 0 spiro atoms. The molecule has 0 saturated carbocycles. The van der Waals surface area contributed by atoms with Crippen molar-refractivity contribution in [2.75, 3.05) is 5.32 Å². The van der Waals surface area contributed by atoms with Gasteiger partial charge in [-0.2, -0.15) is 0 Å².